The van der Waals surface area contributed by atoms with E-state index in [9.17, 15) is 9.18 Å². The third-order valence-electron chi connectivity index (χ3n) is 2.47. The minimum atomic E-state index is -0.678. The van der Waals surface area contributed by atoms with E-state index in [1.807, 2.05) is 0 Å². The fraction of sp³-hybridized carbons (Fsp3) is 0.267. The Bertz CT molecular complexity index is 766. The summed E-state index contributed by atoms with van der Waals surface area (Å²) in [5, 5.41) is 2.44. The SMILES string of the molecule is CC(C)(C)OC(=O)Nc1ccc(F)c(Oc2nc(Cl)ncc2Cl)c1. The maximum atomic E-state index is 13.9. The molecule has 1 heterocycles. The molecule has 0 aliphatic rings. The normalized spacial score (nSPS) is 11.1. The average Bonchev–Trinajstić information content (AvgIpc) is 2.44. The Balaban J connectivity index is 2.19. The summed E-state index contributed by atoms with van der Waals surface area (Å²) in [5.41, 5.74) is -0.383. The summed E-state index contributed by atoms with van der Waals surface area (Å²) in [6.45, 7) is 5.19. The standard InChI is InChI=1S/C15H14Cl2FN3O3/c1-15(2,3)24-14(22)20-8-4-5-10(18)11(6-8)23-12-9(16)7-19-13(17)21-12/h4-7H,1-3H3,(H,20,22). The molecule has 2 aromatic rings. The van der Waals surface area contributed by atoms with Crippen LogP contribution in [0.1, 0.15) is 20.8 Å². The third kappa shape index (κ3) is 5.21. The molecule has 6 nitrogen and oxygen atoms in total. The zero-order valence-corrected chi connectivity index (χ0v) is 14.6. The van der Waals surface area contributed by atoms with Crippen LogP contribution in [-0.4, -0.2) is 21.7 Å². The van der Waals surface area contributed by atoms with Crippen LogP contribution in [0, 0.1) is 5.82 Å². The van der Waals surface area contributed by atoms with Crippen LogP contribution in [0.4, 0.5) is 14.9 Å². The summed E-state index contributed by atoms with van der Waals surface area (Å²) in [4.78, 5) is 19.2. The molecule has 0 atom stereocenters. The van der Waals surface area contributed by atoms with E-state index in [-0.39, 0.29) is 27.6 Å². The number of carbonyl (C=O) groups is 1. The Morgan fingerprint density at radius 3 is 2.67 bits per heavy atom. The van der Waals surface area contributed by atoms with Crippen LogP contribution in [-0.2, 0) is 4.74 Å². The molecular formula is C15H14Cl2FN3O3. The van der Waals surface area contributed by atoms with E-state index in [2.05, 4.69) is 15.3 Å². The van der Waals surface area contributed by atoms with E-state index in [4.69, 9.17) is 32.7 Å². The Hall–Kier alpha value is -2.12. The number of anilines is 1. The molecule has 1 aromatic heterocycles. The highest BCUT2D eigenvalue weighted by atomic mass is 35.5. The summed E-state index contributed by atoms with van der Waals surface area (Å²) in [7, 11) is 0. The van der Waals surface area contributed by atoms with Gasteiger partial charge in [0.2, 0.25) is 11.2 Å². The lowest BCUT2D eigenvalue weighted by Gasteiger charge is -2.19. The minimum absolute atomic E-state index is 0.0595. The highest BCUT2D eigenvalue weighted by molar-refractivity contribution is 6.32. The monoisotopic (exact) mass is 373 g/mol. The molecule has 0 radical (unpaired) electrons. The molecule has 0 unspecified atom stereocenters. The molecule has 24 heavy (non-hydrogen) atoms. The lowest BCUT2D eigenvalue weighted by Crippen LogP contribution is -2.27. The minimum Gasteiger partial charge on any atom is -0.444 e. The number of hydrogen-bond acceptors (Lipinski definition) is 5. The molecule has 1 aromatic carbocycles. The molecule has 9 heteroatoms. The van der Waals surface area contributed by atoms with Crippen LogP contribution in [0.3, 0.4) is 0 Å². The quantitative estimate of drug-likeness (QED) is 0.760. The summed E-state index contributed by atoms with van der Waals surface area (Å²) in [5.74, 6) is -0.972. The van der Waals surface area contributed by atoms with Gasteiger partial charge in [-0.3, -0.25) is 5.32 Å². The van der Waals surface area contributed by atoms with E-state index in [1.165, 1.54) is 18.3 Å². The van der Waals surface area contributed by atoms with Crippen molar-refractivity contribution in [1.29, 1.82) is 0 Å². The predicted octanol–water partition coefficient (Wildman–Crippen LogP) is 5.06. The fourth-order valence-electron chi connectivity index (χ4n) is 1.59. The van der Waals surface area contributed by atoms with Gasteiger partial charge in [0, 0.05) is 11.8 Å². The van der Waals surface area contributed by atoms with Crippen molar-refractivity contribution in [2.75, 3.05) is 5.32 Å². The van der Waals surface area contributed by atoms with Gasteiger partial charge in [0.25, 0.3) is 0 Å². The Kier molecular flexibility index (Phi) is 5.46. The zero-order chi connectivity index (χ0) is 17.9. The summed E-state index contributed by atoms with van der Waals surface area (Å²) < 4.78 is 24.3. The first kappa shape index (κ1) is 18.2. The van der Waals surface area contributed by atoms with Crippen LogP contribution in [0.25, 0.3) is 0 Å². The molecule has 0 saturated heterocycles. The number of aromatic nitrogens is 2. The number of amides is 1. The number of nitrogens with zero attached hydrogens (tertiary/aromatic N) is 2. The summed E-state index contributed by atoms with van der Waals surface area (Å²) >= 11 is 11.5. The zero-order valence-electron chi connectivity index (χ0n) is 13.1. The van der Waals surface area contributed by atoms with E-state index in [0.717, 1.165) is 6.07 Å². The highest BCUT2D eigenvalue weighted by Crippen LogP contribution is 2.31. The van der Waals surface area contributed by atoms with Crippen molar-refractivity contribution < 1.29 is 18.7 Å². The van der Waals surface area contributed by atoms with Crippen molar-refractivity contribution in [2.24, 2.45) is 0 Å². The van der Waals surface area contributed by atoms with Gasteiger partial charge < -0.3 is 9.47 Å². The molecule has 128 valence electrons. The van der Waals surface area contributed by atoms with E-state index in [1.54, 1.807) is 20.8 Å². The van der Waals surface area contributed by atoms with Crippen molar-refractivity contribution in [2.45, 2.75) is 26.4 Å². The second kappa shape index (κ2) is 7.19. The summed E-state index contributed by atoms with van der Waals surface area (Å²) in [6.07, 6.45) is 0.551. The fourth-order valence-corrected chi connectivity index (χ4v) is 1.84. The molecule has 0 bridgehead atoms. The van der Waals surface area contributed by atoms with Gasteiger partial charge in [0.05, 0.1) is 6.20 Å². The van der Waals surface area contributed by atoms with Crippen molar-refractivity contribution >= 4 is 35.0 Å². The van der Waals surface area contributed by atoms with E-state index >= 15 is 0 Å². The molecule has 1 N–H and O–H groups in total. The second-order valence-electron chi connectivity index (χ2n) is 5.67. The van der Waals surface area contributed by atoms with Gasteiger partial charge in [-0.05, 0) is 44.5 Å². The average molecular weight is 374 g/mol. The Labute approximate surface area is 147 Å². The molecule has 1 amide bonds. The molecule has 0 saturated carbocycles. The van der Waals surface area contributed by atoms with Gasteiger partial charge in [0.15, 0.2) is 11.6 Å². The van der Waals surface area contributed by atoms with Crippen molar-refractivity contribution in [1.82, 2.24) is 9.97 Å². The van der Waals surface area contributed by atoms with Crippen LogP contribution in [0.15, 0.2) is 24.4 Å². The largest absolute Gasteiger partial charge is 0.444 e. The van der Waals surface area contributed by atoms with Crippen molar-refractivity contribution in [3.63, 3.8) is 0 Å². The van der Waals surface area contributed by atoms with Crippen molar-refractivity contribution in [3.05, 3.63) is 40.5 Å². The van der Waals surface area contributed by atoms with Gasteiger partial charge >= 0.3 is 6.09 Å². The topological polar surface area (TPSA) is 73.3 Å². The lowest BCUT2D eigenvalue weighted by atomic mass is 10.2. The van der Waals surface area contributed by atoms with Crippen LogP contribution in [0.2, 0.25) is 10.3 Å². The number of ether oxygens (including phenoxy) is 2. The van der Waals surface area contributed by atoms with Crippen LogP contribution >= 0.6 is 23.2 Å². The number of nitrogens with one attached hydrogen (secondary N) is 1. The van der Waals surface area contributed by atoms with Gasteiger partial charge in [-0.25, -0.2) is 14.2 Å². The maximum Gasteiger partial charge on any atom is 0.412 e. The second-order valence-corrected chi connectivity index (χ2v) is 6.41. The number of hydrogen-bond donors (Lipinski definition) is 1. The third-order valence-corrected chi connectivity index (χ3v) is 2.91. The predicted molar refractivity (Wildman–Crippen MR) is 88.4 cm³/mol. The van der Waals surface area contributed by atoms with Gasteiger partial charge in [-0.15, -0.1) is 0 Å². The first-order valence-corrected chi connectivity index (χ1v) is 7.55. The molecule has 0 aliphatic carbocycles. The molecular weight excluding hydrogens is 360 g/mol. The molecule has 0 spiro atoms. The first-order chi connectivity index (χ1) is 11.1. The van der Waals surface area contributed by atoms with Gasteiger partial charge in [0.1, 0.15) is 10.6 Å². The van der Waals surface area contributed by atoms with E-state index in [0.29, 0.717) is 0 Å². The van der Waals surface area contributed by atoms with Crippen LogP contribution < -0.4 is 10.1 Å². The van der Waals surface area contributed by atoms with Gasteiger partial charge in [-0.1, -0.05) is 11.6 Å². The smallest absolute Gasteiger partial charge is 0.412 e. The number of benzene rings is 1. The molecule has 0 aliphatic heterocycles. The van der Waals surface area contributed by atoms with Crippen LogP contribution in [0.5, 0.6) is 11.6 Å². The van der Waals surface area contributed by atoms with Crippen molar-refractivity contribution in [3.8, 4) is 11.6 Å². The lowest BCUT2D eigenvalue weighted by molar-refractivity contribution is 0.0636. The molecule has 2 rings (SSSR count). The number of halogens is 3. The Morgan fingerprint density at radius 2 is 2.00 bits per heavy atom. The molecule has 0 fully saturated rings. The number of rotatable bonds is 3. The maximum absolute atomic E-state index is 13.9. The highest BCUT2D eigenvalue weighted by Gasteiger charge is 2.17. The summed E-state index contributed by atoms with van der Waals surface area (Å²) in [6, 6.07) is 3.75. The van der Waals surface area contributed by atoms with Gasteiger partial charge in [-0.2, -0.15) is 4.98 Å². The Morgan fingerprint density at radius 1 is 1.29 bits per heavy atom. The first-order valence-electron chi connectivity index (χ1n) is 6.79. The number of carbonyl (C=O) groups excluding carboxylic acids is 1. The van der Waals surface area contributed by atoms with E-state index < -0.39 is 17.5 Å².